The summed E-state index contributed by atoms with van der Waals surface area (Å²) in [5.74, 6) is -0.708. The minimum absolute atomic E-state index is 0.0232. The van der Waals surface area contributed by atoms with Crippen molar-refractivity contribution in [3.8, 4) is 28.5 Å². The number of hydrogen-bond acceptors (Lipinski definition) is 12. The molecule has 0 bridgehead atoms. The van der Waals surface area contributed by atoms with Gasteiger partial charge in [0.2, 0.25) is 23.1 Å². The monoisotopic (exact) mass is 367 g/mol. The van der Waals surface area contributed by atoms with Crippen molar-refractivity contribution in [2.24, 2.45) is 0 Å². The first-order valence-electron chi connectivity index (χ1n) is 7.32. The number of fused-ring (bicyclic) bond motifs is 1. The van der Waals surface area contributed by atoms with Crippen molar-refractivity contribution in [2.45, 2.75) is 0 Å². The molecule has 0 atom stereocenters. The fraction of sp³-hybridized carbons (Fsp3) is 0. The van der Waals surface area contributed by atoms with Crippen LogP contribution in [0.15, 0.2) is 42.9 Å². The summed E-state index contributed by atoms with van der Waals surface area (Å²) in [6.07, 6.45) is 2.71. The zero-order chi connectivity index (χ0) is 19.1. The van der Waals surface area contributed by atoms with Crippen molar-refractivity contribution in [2.75, 3.05) is 11.5 Å². The predicted octanol–water partition coefficient (Wildman–Crippen LogP) is -0.0748. The SMILES string of the molecule is Nc1nccc(-c2nc(-c3ccnc(N)n3)c3oc(=O)c(=O)oc3c2O)n1. The van der Waals surface area contributed by atoms with Gasteiger partial charge in [0.15, 0.2) is 5.75 Å². The van der Waals surface area contributed by atoms with E-state index in [1.807, 2.05) is 0 Å². The summed E-state index contributed by atoms with van der Waals surface area (Å²) in [5.41, 5.74) is 8.07. The van der Waals surface area contributed by atoms with Crippen LogP contribution >= 0.6 is 0 Å². The Hall–Kier alpha value is -4.35. The molecule has 0 saturated heterocycles. The molecule has 0 saturated carbocycles. The minimum Gasteiger partial charge on any atom is -0.503 e. The van der Waals surface area contributed by atoms with Gasteiger partial charge < -0.3 is 25.4 Å². The maximum absolute atomic E-state index is 11.6. The highest BCUT2D eigenvalue weighted by molar-refractivity contribution is 5.93. The van der Waals surface area contributed by atoms with E-state index in [2.05, 4.69) is 24.9 Å². The van der Waals surface area contributed by atoms with Gasteiger partial charge in [-0.1, -0.05) is 0 Å². The normalized spacial score (nSPS) is 11.0. The first kappa shape index (κ1) is 16.1. The van der Waals surface area contributed by atoms with Gasteiger partial charge in [0, 0.05) is 12.4 Å². The van der Waals surface area contributed by atoms with Crippen LogP contribution in [0.1, 0.15) is 0 Å². The van der Waals surface area contributed by atoms with Gasteiger partial charge in [0.1, 0.15) is 11.4 Å². The molecule has 0 aliphatic carbocycles. The first-order valence-corrected chi connectivity index (χ1v) is 7.32. The molecule has 12 heteroatoms. The Morgan fingerprint density at radius 2 is 1.30 bits per heavy atom. The van der Waals surface area contributed by atoms with Crippen LogP contribution in [0.2, 0.25) is 0 Å². The van der Waals surface area contributed by atoms with Crippen molar-refractivity contribution in [3.63, 3.8) is 0 Å². The predicted molar refractivity (Wildman–Crippen MR) is 91.4 cm³/mol. The summed E-state index contributed by atoms with van der Waals surface area (Å²) in [6.45, 7) is 0. The third kappa shape index (κ3) is 2.70. The topological polar surface area (TPSA) is 197 Å². The molecule has 0 spiro atoms. The third-order valence-electron chi connectivity index (χ3n) is 3.47. The second kappa shape index (κ2) is 5.87. The Labute approximate surface area is 148 Å². The summed E-state index contributed by atoms with van der Waals surface area (Å²) in [6, 6.07) is 2.87. The third-order valence-corrected chi connectivity index (χ3v) is 3.47. The molecule has 4 aromatic rings. The smallest absolute Gasteiger partial charge is 0.423 e. The lowest BCUT2D eigenvalue weighted by molar-refractivity contribution is 0.419. The lowest BCUT2D eigenvalue weighted by Crippen LogP contribution is -2.21. The summed E-state index contributed by atoms with van der Waals surface area (Å²) in [5, 5.41) is 10.5. The average Bonchev–Trinajstić information content (AvgIpc) is 2.64. The van der Waals surface area contributed by atoms with Crippen LogP contribution < -0.4 is 22.7 Å². The summed E-state index contributed by atoms with van der Waals surface area (Å²) in [7, 11) is 0. The molecule has 0 radical (unpaired) electrons. The van der Waals surface area contributed by atoms with Crippen molar-refractivity contribution in [1.29, 1.82) is 0 Å². The van der Waals surface area contributed by atoms with Crippen LogP contribution in [0.25, 0.3) is 33.9 Å². The lowest BCUT2D eigenvalue weighted by atomic mass is 10.1. The van der Waals surface area contributed by atoms with E-state index in [1.165, 1.54) is 24.5 Å². The summed E-state index contributed by atoms with van der Waals surface area (Å²) in [4.78, 5) is 43.0. The molecule has 5 N–H and O–H groups in total. The molecule has 4 aromatic heterocycles. The Morgan fingerprint density at radius 3 is 1.85 bits per heavy atom. The van der Waals surface area contributed by atoms with Crippen molar-refractivity contribution >= 4 is 23.1 Å². The molecular formula is C15H9N7O5. The highest BCUT2D eigenvalue weighted by Gasteiger charge is 2.23. The molecule has 0 unspecified atom stereocenters. The number of nitrogens with two attached hydrogens (primary N) is 2. The Morgan fingerprint density at radius 1 is 0.778 bits per heavy atom. The molecule has 134 valence electrons. The number of rotatable bonds is 2. The van der Waals surface area contributed by atoms with Crippen LogP contribution in [0.4, 0.5) is 11.9 Å². The largest absolute Gasteiger partial charge is 0.503 e. The number of nitrogens with zero attached hydrogens (tertiary/aromatic N) is 5. The molecule has 4 heterocycles. The van der Waals surface area contributed by atoms with Crippen LogP contribution in [0.3, 0.4) is 0 Å². The van der Waals surface area contributed by atoms with E-state index in [-0.39, 0.29) is 40.3 Å². The molecular weight excluding hydrogens is 358 g/mol. The molecule has 0 aliphatic heterocycles. The molecule has 12 nitrogen and oxygen atoms in total. The van der Waals surface area contributed by atoms with Gasteiger partial charge in [-0.05, 0) is 12.1 Å². The van der Waals surface area contributed by atoms with E-state index in [0.29, 0.717) is 0 Å². The molecule has 0 fully saturated rings. The van der Waals surface area contributed by atoms with Gasteiger partial charge in [-0.3, -0.25) is 0 Å². The molecule has 0 aromatic carbocycles. The zero-order valence-electron chi connectivity index (χ0n) is 13.3. The zero-order valence-corrected chi connectivity index (χ0v) is 13.3. The lowest BCUT2D eigenvalue weighted by Gasteiger charge is -2.09. The van der Waals surface area contributed by atoms with E-state index < -0.39 is 22.6 Å². The van der Waals surface area contributed by atoms with E-state index in [1.54, 1.807) is 0 Å². The van der Waals surface area contributed by atoms with Gasteiger partial charge in [0.05, 0.1) is 11.4 Å². The van der Waals surface area contributed by atoms with E-state index >= 15 is 0 Å². The van der Waals surface area contributed by atoms with E-state index in [9.17, 15) is 14.7 Å². The Kier molecular flexibility index (Phi) is 3.51. The second-order valence-electron chi connectivity index (χ2n) is 5.20. The van der Waals surface area contributed by atoms with Crippen LogP contribution in [-0.2, 0) is 0 Å². The summed E-state index contributed by atoms with van der Waals surface area (Å²) < 4.78 is 9.88. The molecule has 27 heavy (non-hydrogen) atoms. The van der Waals surface area contributed by atoms with Gasteiger partial charge in [0.25, 0.3) is 0 Å². The molecule has 0 amide bonds. The maximum atomic E-state index is 11.6. The summed E-state index contributed by atoms with van der Waals surface area (Å²) >= 11 is 0. The second-order valence-corrected chi connectivity index (χ2v) is 5.20. The number of pyridine rings is 1. The highest BCUT2D eigenvalue weighted by atomic mass is 16.5. The standard InChI is InChI=1S/C15H9N7O5/c16-14-18-3-1-5(20-14)7-9(23)11-10(26-12(24)13(25)27-11)8(22-7)6-2-4-19-15(17)21-6/h1-4,23H,(H2,16,18,20)(H2,17,19,21). The number of aromatic nitrogens is 5. The van der Waals surface area contributed by atoms with Gasteiger partial charge in [-0.15, -0.1) is 0 Å². The van der Waals surface area contributed by atoms with Gasteiger partial charge in [-0.25, -0.2) is 34.5 Å². The first-order chi connectivity index (χ1) is 12.9. The number of aromatic hydroxyl groups is 1. The van der Waals surface area contributed by atoms with Gasteiger partial charge in [-0.2, -0.15) is 0 Å². The van der Waals surface area contributed by atoms with E-state index in [4.69, 9.17) is 20.3 Å². The number of hydrogen-bond donors (Lipinski definition) is 3. The average molecular weight is 367 g/mol. The van der Waals surface area contributed by atoms with Crippen LogP contribution in [-0.4, -0.2) is 30.0 Å². The fourth-order valence-corrected chi connectivity index (χ4v) is 2.36. The van der Waals surface area contributed by atoms with Crippen molar-refractivity contribution < 1.29 is 13.9 Å². The van der Waals surface area contributed by atoms with Crippen LogP contribution in [0.5, 0.6) is 5.75 Å². The number of nitrogen functional groups attached to an aromatic ring is 2. The van der Waals surface area contributed by atoms with E-state index in [0.717, 1.165) is 0 Å². The Balaban J connectivity index is 2.15. The molecule has 4 rings (SSSR count). The molecule has 0 aliphatic rings. The van der Waals surface area contributed by atoms with Crippen molar-refractivity contribution in [3.05, 3.63) is 45.4 Å². The minimum atomic E-state index is -1.30. The fourth-order valence-electron chi connectivity index (χ4n) is 2.36. The Bertz CT molecular complexity index is 1310. The van der Waals surface area contributed by atoms with Gasteiger partial charge >= 0.3 is 11.3 Å². The maximum Gasteiger partial charge on any atom is 0.423 e. The quantitative estimate of drug-likeness (QED) is 0.399. The number of anilines is 2. The highest BCUT2D eigenvalue weighted by Crippen LogP contribution is 2.37. The van der Waals surface area contributed by atoms with Crippen molar-refractivity contribution in [1.82, 2.24) is 24.9 Å². The van der Waals surface area contributed by atoms with Crippen LogP contribution in [0, 0.1) is 0 Å².